The van der Waals surface area contributed by atoms with Gasteiger partial charge >= 0.3 is 5.97 Å². The van der Waals surface area contributed by atoms with Crippen LogP contribution < -0.4 is 9.47 Å². The zero-order chi connectivity index (χ0) is 25.8. The highest BCUT2D eigenvalue weighted by Gasteiger charge is 2.37. The third-order valence-electron chi connectivity index (χ3n) is 5.71. The van der Waals surface area contributed by atoms with Crippen LogP contribution in [0.4, 0.5) is 4.79 Å². The minimum Gasteiger partial charge on any atom is -0.493 e. The van der Waals surface area contributed by atoms with E-state index in [2.05, 4.69) is 0 Å². The normalized spacial score (nSPS) is 17.0. The van der Waals surface area contributed by atoms with Crippen molar-refractivity contribution in [3.8, 4) is 11.5 Å². The van der Waals surface area contributed by atoms with Gasteiger partial charge in [0.25, 0.3) is 11.1 Å². The molecule has 188 valence electrons. The second-order valence-corrected chi connectivity index (χ2v) is 10.7. The zero-order valence-corrected chi connectivity index (χ0v) is 23.0. The number of piperidine rings is 1. The number of amides is 3. The summed E-state index contributed by atoms with van der Waals surface area (Å²) in [5, 5.41) is -0.217. The van der Waals surface area contributed by atoms with E-state index in [0.717, 1.165) is 35.9 Å². The molecule has 0 saturated carbocycles. The van der Waals surface area contributed by atoms with Gasteiger partial charge < -0.3 is 14.4 Å². The van der Waals surface area contributed by atoms with Gasteiger partial charge in [-0.2, -0.15) is 0 Å². The molecule has 0 N–H and O–H groups in total. The number of hydrogen-bond acceptors (Lipinski definition) is 7. The molecule has 2 aliphatic heterocycles. The van der Waals surface area contributed by atoms with Crippen molar-refractivity contribution in [2.75, 3.05) is 26.7 Å². The predicted octanol–water partition coefficient (Wildman–Crippen LogP) is 5.22. The van der Waals surface area contributed by atoms with Gasteiger partial charge in [-0.25, -0.2) is 4.79 Å². The molecule has 0 radical (unpaired) electrons. The molecule has 2 aliphatic rings. The van der Waals surface area contributed by atoms with E-state index < -0.39 is 17.1 Å². The van der Waals surface area contributed by atoms with Crippen molar-refractivity contribution in [3.05, 3.63) is 61.0 Å². The lowest BCUT2D eigenvalue weighted by molar-refractivity contribution is -0.136. The number of benzene rings is 2. The van der Waals surface area contributed by atoms with E-state index >= 15 is 0 Å². The van der Waals surface area contributed by atoms with Crippen LogP contribution >= 0.6 is 46.0 Å². The van der Waals surface area contributed by atoms with Crippen LogP contribution in [-0.4, -0.2) is 59.6 Å². The molecule has 8 nitrogen and oxygen atoms in total. The lowest BCUT2D eigenvalue weighted by atomic mass is 10.1. The Morgan fingerprint density at radius 1 is 1.14 bits per heavy atom. The van der Waals surface area contributed by atoms with E-state index in [1.165, 1.54) is 7.11 Å². The van der Waals surface area contributed by atoms with Crippen molar-refractivity contribution in [2.45, 2.75) is 19.3 Å². The lowest BCUT2D eigenvalue weighted by Gasteiger charge is -2.27. The number of thioether (sulfide) groups is 1. The van der Waals surface area contributed by atoms with Gasteiger partial charge in [0.15, 0.2) is 11.5 Å². The monoisotopic (exact) mass is 640 g/mol. The molecular formula is C25H22ClIN2O6S. The molecule has 3 amide bonds. The van der Waals surface area contributed by atoms with E-state index in [0.29, 0.717) is 22.2 Å². The first-order valence-electron chi connectivity index (χ1n) is 11.2. The largest absolute Gasteiger partial charge is 0.493 e. The predicted molar refractivity (Wildman–Crippen MR) is 145 cm³/mol. The molecule has 0 atom stereocenters. The average Bonchev–Trinajstić information content (AvgIpc) is 3.13. The molecule has 0 spiro atoms. The van der Waals surface area contributed by atoms with Crippen LogP contribution in [-0.2, 0) is 9.59 Å². The highest BCUT2D eigenvalue weighted by Crippen LogP contribution is 2.38. The lowest BCUT2D eigenvalue weighted by Crippen LogP contribution is -2.44. The minimum atomic E-state index is -0.635. The van der Waals surface area contributed by atoms with E-state index in [1.807, 2.05) is 22.6 Å². The zero-order valence-electron chi connectivity index (χ0n) is 19.3. The maximum Gasteiger partial charge on any atom is 0.345 e. The summed E-state index contributed by atoms with van der Waals surface area (Å²) in [6.45, 7) is 1.03. The average molecular weight is 641 g/mol. The molecule has 4 rings (SSSR count). The van der Waals surface area contributed by atoms with Crippen molar-refractivity contribution >= 4 is 75.1 Å². The fourth-order valence-electron chi connectivity index (χ4n) is 3.86. The number of imide groups is 1. The Labute approximate surface area is 231 Å². The number of esters is 1. The molecule has 2 saturated heterocycles. The van der Waals surface area contributed by atoms with Crippen molar-refractivity contribution in [3.63, 3.8) is 0 Å². The third kappa shape index (κ3) is 5.87. The number of rotatable bonds is 6. The van der Waals surface area contributed by atoms with Gasteiger partial charge in [0, 0.05) is 13.1 Å². The Hall–Kier alpha value is -2.57. The fourth-order valence-corrected chi connectivity index (χ4v) is 5.65. The second-order valence-electron chi connectivity index (χ2n) is 8.11. The summed E-state index contributed by atoms with van der Waals surface area (Å²) in [6.07, 6.45) is 4.49. The molecule has 11 heteroatoms. The van der Waals surface area contributed by atoms with E-state index in [4.69, 9.17) is 21.1 Å². The Kier molecular flexibility index (Phi) is 8.58. The van der Waals surface area contributed by atoms with E-state index in [1.54, 1.807) is 47.4 Å². The van der Waals surface area contributed by atoms with Crippen LogP contribution in [0, 0.1) is 3.57 Å². The van der Waals surface area contributed by atoms with Crippen LogP contribution in [0.5, 0.6) is 11.5 Å². The summed E-state index contributed by atoms with van der Waals surface area (Å²) in [5.41, 5.74) is 0.788. The molecule has 2 aromatic rings. The van der Waals surface area contributed by atoms with Gasteiger partial charge in [-0.15, -0.1) is 0 Å². The summed E-state index contributed by atoms with van der Waals surface area (Å²) in [4.78, 5) is 53.5. The molecular weight excluding hydrogens is 619 g/mol. The Bertz CT molecular complexity index is 1260. The summed E-state index contributed by atoms with van der Waals surface area (Å²) in [6, 6.07) is 9.85. The first kappa shape index (κ1) is 26.5. The van der Waals surface area contributed by atoms with Gasteiger partial charge in [-0.05, 0) is 89.5 Å². The van der Waals surface area contributed by atoms with E-state index in [-0.39, 0.29) is 39.4 Å². The van der Waals surface area contributed by atoms with Crippen molar-refractivity contribution in [1.82, 2.24) is 9.80 Å². The Balaban J connectivity index is 1.52. The van der Waals surface area contributed by atoms with Crippen LogP contribution in [0.1, 0.15) is 35.2 Å². The molecule has 0 aliphatic carbocycles. The molecule has 0 aromatic heterocycles. The van der Waals surface area contributed by atoms with Crippen molar-refractivity contribution < 1.29 is 28.7 Å². The number of nitrogens with zero attached hydrogens (tertiary/aromatic N) is 2. The highest BCUT2D eigenvalue weighted by molar-refractivity contribution is 14.1. The van der Waals surface area contributed by atoms with Crippen LogP contribution in [0.3, 0.4) is 0 Å². The third-order valence-corrected chi connectivity index (χ3v) is 7.75. The van der Waals surface area contributed by atoms with Crippen molar-refractivity contribution in [2.24, 2.45) is 0 Å². The Morgan fingerprint density at radius 3 is 2.56 bits per heavy atom. The number of carbonyl (C=O) groups excluding carboxylic acids is 4. The summed E-state index contributed by atoms with van der Waals surface area (Å²) in [5.74, 6) is -0.893. The van der Waals surface area contributed by atoms with Crippen molar-refractivity contribution in [1.29, 1.82) is 0 Å². The SMILES string of the molecule is COc1cc(/C=C2\SC(=O)N(CC(=O)N3CCCCC3)C2=O)cc(I)c1OC(=O)c1ccccc1Cl. The first-order chi connectivity index (χ1) is 17.3. The number of methoxy groups -OCH3 is 1. The molecule has 2 fully saturated rings. The van der Waals surface area contributed by atoms with Gasteiger partial charge in [0.2, 0.25) is 5.91 Å². The number of halogens is 2. The maximum absolute atomic E-state index is 12.9. The van der Waals surface area contributed by atoms with Crippen LogP contribution in [0.15, 0.2) is 41.3 Å². The summed E-state index contributed by atoms with van der Waals surface area (Å²) < 4.78 is 11.5. The maximum atomic E-state index is 12.9. The van der Waals surface area contributed by atoms with Gasteiger partial charge in [-0.1, -0.05) is 23.7 Å². The highest BCUT2D eigenvalue weighted by atomic mass is 127. The molecule has 36 heavy (non-hydrogen) atoms. The first-order valence-corrected chi connectivity index (χ1v) is 13.4. The number of ether oxygens (including phenoxy) is 2. The van der Waals surface area contributed by atoms with Crippen LogP contribution in [0.25, 0.3) is 6.08 Å². The number of hydrogen-bond donors (Lipinski definition) is 0. The van der Waals surface area contributed by atoms with Gasteiger partial charge in [0.1, 0.15) is 6.54 Å². The topological polar surface area (TPSA) is 93.2 Å². The standard InChI is InChI=1S/C25H22ClIN2O6S/c1-34-19-12-15(11-18(27)22(19)35-24(32)16-7-3-4-8-17(16)26)13-20-23(31)29(25(33)36-20)14-21(30)28-9-5-2-6-10-28/h3-4,7-8,11-13H,2,5-6,9-10,14H2,1H3/b20-13-. The fraction of sp³-hybridized carbons (Fsp3) is 0.280. The smallest absolute Gasteiger partial charge is 0.345 e. The van der Waals surface area contributed by atoms with Crippen LogP contribution in [0.2, 0.25) is 5.02 Å². The molecule has 2 heterocycles. The van der Waals surface area contributed by atoms with Gasteiger partial charge in [-0.3, -0.25) is 19.3 Å². The summed E-state index contributed by atoms with van der Waals surface area (Å²) >= 11 is 8.88. The van der Waals surface area contributed by atoms with E-state index in [9.17, 15) is 19.2 Å². The molecule has 0 bridgehead atoms. The minimum absolute atomic E-state index is 0.199. The quantitative estimate of drug-likeness (QED) is 0.185. The Morgan fingerprint density at radius 2 is 1.86 bits per heavy atom. The molecule has 0 unspecified atom stereocenters. The summed E-state index contributed by atoms with van der Waals surface area (Å²) in [7, 11) is 1.43. The molecule has 2 aromatic carbocycles. The van der Waals surface area contributed by atoms with Gasteiger partial charge in [0.05, 0.1) is 26.2 Å². The number of carbonyl (C=O) groups is 4. The number of likely N-dealkylation sites (tertiary alicyclic amines) is 1. The second kappa shape index (κ2) is 11.7.